The van der Waals surface area contributed by atoms with Crippen LogP contribution in [0.15, 0.2) is 12.2 Å². The van der Waals surface area contributed by atoms with Crippen LogP contribution in [-0.2, 0) is 23.9 Å². The van der Waals surface area contributed by atoms with E-state index in [4.69, 9.17) is 14.3 Å². The molecule has 5 unspecified atom stereocenters. The van der Waals surface area contributed by atoms with Gasteiger partial charge in [-0.3, -0.25) is 14.4 Å². The van der Waals surface area contributed by atoms with Crippen LogP contribution in [0.4, 0.5) is 0 Å². The maximum Gasteiger partial charge on any atom is 0.323 e. The summed E-state index contributed by atoms with van der Waals surface area (Å²) in [4.78, 5) is 31.8. The van der Waals surface area contributed by atoms with Gasteiger partial charge in [0, 0.05) is 5.41 Å². The van der Waals surface area contributed by atoms with Crippen molar-refractivity contribution < 1.29 is 49.4 Å². The molecule has 0 spiro atoms. The van der Waals surface area contributed by atoms with Crippen LogP contribution < -0.4 is 0 Å². The number of hydrogen-bond donors (Lipinski definition) is 5. The van der Waals surface area contributed by atoms with Crippen molar-refractivity contribution >= 4 is 11.9 Å². The average molecular weight is 706 g/mol. The van der Waals surface area contributed by atoms with Crippen molar-refractivity contribution in [1.29, 1.82) is 0 Å². The summed E-state index contributed by atoms with van der Waals surface area (Å²) in [5, 5.41) is 52.4. The van der Waals surface area contributed by atoms with E-state index < -0.39 is 54.6 Å². The fourth-order valence-corrected chi connectivity index (χ4v) is 13.6. The molecule has 0 aromatic carbocycles. The number of carboxylic acid groups (broad SMARTS) is 1. The number of fused-ring (bicyclic) bond motifs is 7. The van der Waals surface area contributed by atoms with Crippen LogP contribution in [0, 0.1) is 56.7 Å². The van der Waals surface area contributed by atoms with E-state index >= 15 is 0 Å². The normalized spacial score (nSPS) is 49.6. The van der Waals surface area contributed by atoms with Crippen LogP contribution in [0.5, 0.6) is 0 Å². The number of aliphatic hydroxyl groups is 4. The summed E-state index contributed by atoms with van der Waals surface area (Å²) < 4.78 is 11.8. The third kappa shape index (κ3) is 5.37. The lowest BCUT2D eigenvalue weighted by molar-refractivity contribution is -0.327. The summed E-state index contributed by atoms with van der Waals surface area (Å²) in [6, 6.07) is 0. The van der Waals surface area contributed by atoms with E-state index in [1.54, 1.807) is 0 Å². The molecule has 5 N–H and O–H groups in total. The molecule has 0 amide bonds. The van der Waals surface area contributed by atoms with Crippen molar-refractivity contribution in [2.75, 3.05) is 20.3 Å². The van der Waals surface area contributed by atoms with Crippen molar-refractivity contribution in [3.8, 4) is 0 Å². The molecule has 50 heavy (non-hydrogen) atoms. The highest BCUT2D eigenvalue weighted by Crippen LogP contribution is 2.77. The Bertz CT molecular complexity index is 1340. The van der Waals surface area contributed by atoms with Crippen LogP contribution >= 0.6 is 0 Å². The van der Waals surface area contributed by atoms with Crippen molar-refractivity contribution in [3.63, 3.8) is 0 Å². The number of nitrogens with zero attached hydrogens (tertiary/aromatic N) is 1. The Hall–Kier alpha value is -1.60. The molecule has 0 aromatic heterocycles. The SMILES string of the molecule is C=C(C)[C@@H]1CC[C@]2(C(=O)O)CC[C@]3(C)C(CCC4[C@@]5(C)CC[C@H](OC(=O)CN(OC)C6O[C@@H](CO)[C@H](O)[C@@H](O)[C@H]6O)C(C)(C)C5CC[C@]43C)C12. The Morgan fingerprint density at radius 1 is 0.860 bits per heavy atom. The first-order valence-electron chi connectivity index (χ1n) is 19.0. The minimum Gasteiger partial charge on any atom is -0.481 e. The molecule has 0 radical (unpaired) electrons. The Morgan fingerprint density at radius 2 is 1.56 bits per heavy atom. The van der Waals surface area contributed by atoms with E-state index in [-0.39, 0.29) is 46.1 Å². The highest BCUT2D eigenvalue weighted by Gasteiger charge is 2.72. The molecule has 15 atom stereocenters. The number of ether oxygens (including phenoxy) is 2. The summed E-state index contributed by atoms with van der Waals surface area (Å²) in [7, 11) is 1.32. The predicted molar refractivity (Wildman–Crippen MR) is 184 cm³/mol. The molecule has 1 saturated heterocycles. The van der Waals surface area contributed by atoms with Crippen molar-refractivity contribution in [1.82, 2.24) is 5.06 Å². The van der Waals surface area contributed by atoms with Crippen LogP contribution in [0.1, 0.15) is 106 Å². The molecule has 0 bridgehead atoms. The van der Waals surface area contributed by atoms with Gasteiger partial charge < -0.3 is 35.0 Å². The maximum absolute atomic E-state index is 13.5. The van der Waals surface area contributed by atoms with Crippen molar-refractivity contribution in [2.45, 2.75) is 142 Å². The van der Waals surface area contributed by atoms with E-state index in [1.165, 1.54) is 7.11 Å². The number of rotatable bonds is 8. The second-order valence-corrected chi connectivity index (χ2v) is 18.5. The topological polar surface area (TPSA) is 166 Å². The largest absolute Gasteiger partial charge is 0.481 e. The molecule has 1 heterocycles. The zero-order valence-electron chi connectivity index (χ0n) is 31.3. The van der Waals surface area contributed by atoms with Gasteiger partial charge in [-0.25, -0.2) is 0 Å². The third-order valence-corrected chi connectivity index (χ3v) is 16.4. The molecule has 284 valence electrons. The molecule has 6 fully saturated rings. The van der Waals surface area contributed by atoms with Crippen LogP contribution in [-0.4, -0.2) is 99.5 Å². The maximum atomic E-state index is 13.5. The Morgan fingerprint density at radius 3 is 2.18 bits per heavy atom. The Labute approximate surface area is 297 Å². The second kappa shape index (κ2) is 13.1. The van der Waals surface area contributed by atoms with Gasteiger partial charge in [0.25, 0.3) is 0 Å². The lowest BCUT2D eigenvalue weighted by Crippen LogP contribution is -2.67. The number of aliphatic hydroxyl groups excluding tert-OH is 4. The number of hydrogen-bond acceptors (Lipinski definition) is 10. The van der Waals surface area contributed by atoms with E-state index in [0.717, 1.165) is 68.4 Å². The molecule has 5 saturated carbocycles. The molecular weight excluding hydrogens is 642 g/mol. The smallest absolute Gasteiger partial charge is 0.323 e. The summed E-state index contributed by atoms with van der Waals surface area (Å²) in [5.41, 5.74) is 0.327. The van der Waals surface area contributed by atoms with Gasteiger partial charge in [-0.2, -0.15) is 0 Å². The van der Waals surface area contributed by atoms with Gasteiger partial charge in [0.2, 0.25) is 0 Å². The molecule has 1 aliphatic heterocycles. The molecule has 11 nitrogen and oxygen atoms in total. The summed E-state index contributed by atoms with van der Waals surface area (Å²) >= 11 is 0. The van der Waals surface area contributed by atoms with Crippen molar-refractivity contribution in [3.05, 3.63) is 12.2 Å². The van der Waals surface area contributed by atoms with Gasteiger partial charge in [0.15, 0.2) is 6.23 Å². The van der Waals surface area contributed by atoms with Crippen LogP contribution in [0.3, 0.4) is 0 Å². The van der Waals surface area contributed by atoms with E-state index in [0.29, 0.717) is 24.2 Å². The van der Waals surface area contributed by atoms with Gasteiger partial charge in [0.05, 0.1) is 19.1 Å². The van der Waals surface area contributed by atoms with E-state index in [9.17, 15) is 35.1 Å². The number of carbonyl (C=O) groups excluding carboxylic acids is 1. The zero-order chi connectivity index (χ0) is 36.8. The number of carbonyl (C=O) groups is 2. The minimum atomic E-state index is -1.59. The fourth-order valence-electron chi connectivity index (χ4n) is 13.6. The number of hydroxylamine groups is 2. The monoisotopic (exact) mass is 705 g/mol. The van der Waals surface area contributed by atoms with Gasteiger partial charge in [-0.15, -0.1) is 5.06 Å². The molecule has 0 aromatic rings. The number of allylic oxidation sites excluding steroid dienone is 1. The predicted octanol–water partition coefficient (Wildman–Crippen LogP) is 4.30. The lowest BCUT2D eigenvalue weighted by Gasteiger charge is -2.72. The third-order valence-electron chi connectivity index (χ3n) is 16.4. The van der Waals surface area contributed by atoms with Crippen LogP contribution in [0.25, 0.3) is 0 Å². The fraction of sp³-hybridized carbons (Fsp3) is 0.897. The highest BCUT2D eigenvalue weighted by molar-refractivity contribution is 5.76. The standard InChI is InChI=1S/C39H63NO10/c1-21(2)22-11-16-39(34(46)47)18-17-37(6)23(29(22)39)9-10-26-36(5)14-13-27(35(3,4)25(36)12-15-38(26,37)7)50-28(42)19-40(48-8)33-32(45)31(44)30(43)24(20-41)49-33/h22-27,29-33,41,43-45H,1,9-20H2,2-8H3,(H,46,47)/t22-,23?,24-,25?,26?,27-,29?,30-,31+,32+,33?,36-,37+,38+,39-/m0/s1. The molecular formula is C39H63NO10. The van der Waals surface area contributed by atoms with Gasteiger partial charge in [0.1, 0.15) is 37.1 Å². The highest BCUT2D eigenvalue weighted by atomic mass is 16.7. The summed E-state index contributed by atoms with van der Waals surface area (Å²) in [6.45, 7) is 17.5. The van der Waals surface area contributed by atoms with Crippen molar-refractivity contribution in [2.24, 2.45) is 56.7 Å². The van der Waals surface area contributed by atoms with Crippen LogP contribution in [0.2, 0.25) is 0 Å². The number of esters is 1. The van der Waals surface area contributed by atoms with Gasteiger partial charge >= 0.3 is 11.9 Å². The number of carboxylic acids is 1. The quantitative estimate of drug-likeness (QED) is 0.139. The van der Waals surface area contributed by atoms with Gasteiger partial charge in [-0.1, -0.05) is 46.8 Å². The molecule has 6 aliphatic rings. The average Bonchev–Trinajstić information content (AvgIpc) is 3.46. The van der Waals surface area contributed by atoms with Gasteiger partial charge in [-0.05, 0) is 117 Å². The molecule has 6 rings (SSSR count). The number of aliphatic carboxylic acids is 1. The second-order valence-electron chi connectivity index (χ2n) is 18.5. The Balaban J connectivity index is 1.19. The first-order chi connectivity index (χ1) is 23.3. The minimum absolute atomic E-state index is 0.0348. The lowest BCUT2D eigenvalue weighted by atomic mass is 9.32. The summed E-state index contributed by atoms with van der Waals surface area (Å²) in [5.74, 6) is 0.404. The first kappa shape index (κ1) is 38.1. The summed E-state index contributed by atoms with van der Waals surface area (Å²) in [6.07, 6.45) is 1.79. The van der Waals surface area contributed by atoms with E-state index in [1.807, 2.05) is 0 Å². The molecule has 11 heteroatoms. The Kier molecular flexibility index (Phi) is 9.96. The first-order valence-corrected chi connectivity index (χ1v) is 19.0. The molecule has 5 aliphatic carbocycles. The zero-order valence-corrected chi connectivity index (χ0v) is 31.3. The van der Waals surface area contributed by atoms with E-state index in [2.05, 4.69) is 48.1 Å².